The van der Waals surface area contributed by atoms with E-state index in [2.05, 4.69) is 20.7 Å². The van der Waals surface area contributed by atoms with Crippen LogP contribution in [-0.4, -0.2) is 19.4 Å². The minimum absolute atomic E-state index is 0.310. The molecule has 5 heteroatoms. The van der Waals surface area contributed by atoms with E-state index in [0.717, 1.165) is 3.79 Å². The Morgan fingerprint density at radius 3 is 2.92 bits per heavy atom. The highest BCUT2D eigenvalue weighted by atomic mass is 79.9. The summed E-state index contributed by atoms with van der Waals surface area (Å²) >= 11 is 4.38. The van der Waals surface area contributed by atoms with Crippen molar-refractivity contribution in [3.63, 3.8) is 0 Å². The van der Waals surface area contributed by atoms with E-state index in [1.807, 2.05) is 0 Å². The van der Waals surface area contributed by atoms with E-state index < -0.39 is 5.97 Å². The van der Waals surface area contributed by atoms with Crippen molar-refractivity contribution in [1.82, 2.24) is 0 Å². The van der Waals surface area contributed by atoms with E-state index in [9.17, 15) is 9.59 Å². The third-order valence-electron chi connectivity index (χ3n) is 1.24. The van der Waals surface area contributed by atoms with Gasteiger partial charge >= 0.3 is 5.97 Å². The number of hydrogen-bond donors (Lipinski definition) is 0. The Hall–Kier alpha value is -0.680. The minimum atomic E-state index is -0.487. The highest BCUT2D eigenvalue weighted by Gasteiger charge is 2.14. The molecule has 0 radical (unpaired) electrons. The molecule has 1 heterocycles. The Morgan fingerprint density at radius 1 is 1.75 bits per heavy atom. The van der Waals surface area contributed by atoms with Crippen molar-refractivity contribution in [2.75, 3.05) is 7.11 Å². The van der Waals surface area contributed by atoms with Gasteiger partial charge in [0.1, 0.15) is 0 Å². The second kappa shape index (κ2) is 3.82. The quantitative estimate of drug-likeness (QED) is 0.595. The maximum atomic E-state index is 11.0. The molecule has 0 bridgehead atoms. The molecule has 64 valence electrons. The summed E-state index contributed by atoms with van der Waals surface area (Å²) < 4.78 is 5.22. The van der Waals surface area contributed by atoms with Crippen molar-refractivity contribution in [2.45, 2.75) is 0 Å². The number of aldehydes is 1. The lowest BCUT2D eigenvalue weighted by atomic mass is 10.3. The number of carbonyl (C=O) groups excluding carboxylic acids is 2. The molecule has 0 saturated heterocycles. The van der Waals surface area contributed by atoms with Crippen molar-refractivity contribution in [2.24, 2.45) is 0 Å². The van der Waals surface area contributed by atoms with Crippen molar-refractivity contribution in [3.05, 3.63) is 20.3 Å². The average Bonchev–Trinajstić information content (AvgIpc) is 2.45. The van der Waals surface area contributed by atoms with Crippen LogP contribution in [0.4, 0.5) is 0 Å². The summed E-state index contributed by atoms with van der Waals surface area (Å²) in [5.41, 5.74) is 0.310. The molecule has 0 atom stereocenters. The number of methoxy groups -OCH3 is 1. The van der Waals surface area contributed by atoms with Crippen molar-refractivity contribution >= 4 is 39.5 Å². The van der Waals surface area contributed by atoms with Gasteiger partial charge in [0.25, 0.3) is 0 Å². The molecular weight excluding hydrogens is 244 g/mol. The Bertz CT molecular complexity index is 318. The molecule has 0 aliphatic carbocycles. The van der Waals surface area contributed by atoms with E-state index in [1.165, 1.54) is 18.4 Å². The van der Waals surface area contributed by atoms with Crippen LogP contribution >= 0.6 is 27.3 Å². The molecule has 12 heavy (non-hydrogen) atoms. The summed E-state index contributed by atoms with van der Waals surface area (Å²) in [6.07, 6.45) is 0.641. The predicted molar refractivity (Wildman–Crippen MR) is 48.7 cm³/mol. The predicted octanol–water partition coefficient (Wildman–Crippen LogP) is 2.11. The average molecular weight is 249 g/mol. The number of ether oxygens (including phenoxy) is 1. The van der Waals surface area contributed by atoms with Crippen LogP contribution in [0.1, 0.15) is 20.0 Å². The maximum Gasteiger partial charge on any atom is 0.339 e. The third kappa shape index (κ3) is 1.73. The largest absolute Gasteiger partial charge is 0.465 e. The second-order valence-corrected chi connectivity index (χ2v) is 4.40. The van der Waals surface area contributed by atoms with E-state index in [0.29, 0.717) is 16.7 Å². The molecule has 0 saturated carbocycles. The maximum absolute atomic E-state index is 11.0. The van der Waals surface area contributed by atoms with Crippen LogP contribution in [0.15, 0.2) is 9.85 Å². The number of halogens is 1. The number of rotatable bonds is 2. The van der Waals surface area contributed by atoms with Gasteiger partial charge < -0.3 is 4.74 Å². The van der Waals surface area contributed by atoms with Gasteiger partial charge in [-0.25, -0.2) is 4.79 Å². The summed E-state index contributed by atoms with van der Waals surface area (Å²) in [5.74, 6) is -0.487. The molecular formula is C7H5BrO3S. The van der Waals surface area contributed by atoms with Crippen LogP contribution < -0.4 is 0 Å². The van der Waals surface area contributed by atoms with Gasteiger partial charge in [0.15, 0.2) is 6.29 Å². The van der Waals surface area contributed by atoms with Crippen LogP contribution in [0, 0.1) is 0 Å². The molecule has 1 aromatic rings. The SMILES string of the molecule is COC(=O)c1cc(Br)sc1C=O. The van der Waals surface area contributed by atoms with E-state index in [1.54, 1.807) is 6.07 Å². The first kappa shape index (κ1) is 9.41. The number of hydrogen-bond acceptors (Lipinski definition) is 4. The molecule has 0 N–H and O–H groups in total. The molecule has 0 unspecified atom stereocenters. The first-order chi connectivity index (χ1) is 5.69. The molecule has 3 nitrogen and oxygen atoms in total. The zero-order valence-electron chi connectivity index (χ0n) is 6.17. The van der Waals surface area contributed by atoms with Gasteiger partial charge in [-0.15, -0.1) is 11.3 Å². The molecule has 0 aromatic carbocycles. The summed E-state index contributed by atoms with van der Waals surface area (Å²) in [6, 6.07) is 1.57. The molecule has 0 aliphatic rings. The lowest BCUT2D eigenvalue weighted by Crippen LogP contribution is -2.01. The fraction of sp³-hybridized carbons (Fsp3) is 0.143. The molecule has 1 rings (SSSR count). The molecule has 0 amide bonds. The summed E-state index contributed by atoms with van der Waals surface area (Å²) in [5, 5.41) is 0. The normalized spacial score (nSPS) is 9.50. The van der Waals surface area contributed by atoms with Crippen molar-refractivity contribution in [3.8, 4) is 0 Å². The Kier molecular flexibility index (Phi) is 2.99. The molecule has 0 fully saturated rings. The topological polar surface area (TPSA) is 43.4 Å². The van der Waals surface area contributed by atoms with Gasteiger partial charge in [0, 0.05) is 0 Å². The minimum Gasteiger partial charge on any atom is -0.465 e. The van der Waals surface area contributed by atoms with Crippen molar-refractivity contribution in [1.29, 1.82) is 0 Å². The number of esters is 1. The third-order valence-corrected chi connectivity index (χ3v) is 2.81. The van der Waals surface area contributed by atoms with Gasteiger partial charge in [-0.1, -0.05) is 0 Å². The van der Waals surface area contributed by atoms with Crippen LogP contribution in [0.5, 0.6) is 0 Å². The van der Waals surface area contributed by atoms with E-state index in [-0.39, 0.29) is 0 Å². The van der Waals surface area contributed by atoms with E-state index >= 15 is 0 Å². The Labute approximate surface area is 81.5 Å². The summed E-state index contributed by atoms with van der Waals surface area (Å²) in [7, 11) is 1.28. The van der Waals surface area contributed by atoms with Gasteiger partial charge in [-0.3, -0.25) is 4.79 Å². The molecule has 1 aromatic heterocycles. The van der Waals surface area contributed by atoms with Crippen LogP contribution in [0.25, 0.3) is 0 Å². The highest BCUT2D eigenvalue weighted by Crippen LogP contribution is 2.26. The van der Waals surface area contributed by atoms with Gasteiger partial charge in [-0.05, 0) is 22.0 Å². The van der Waals surface area contributed by atoms with Crippen LogP contribution in [0.2, 0.25) is 0 Å². The first-order valence-corrected chi connectivity index (χ1v) is 4.62. The summed E-state index contributed by atoms with van der Waals surface area (Å²) in [4.78, 5) is 21.8. The lowest BCUT2D eigenvalue weighted by molar-refractivity contribution is 0.0599. The smallest absolute Gasteiger partial charge is 0.339 e. The summed E-state index contributed by atoms with van der Waals surface area (Å²) in [6.45, 7) is 0. The zero-order valence-corrected chi connectivity index (χ0v) is 8.57. The molecule has 0 aliphatic heterocycles. The molecule has 0 spiro atoms. The fourth-order valence-electron chi connectivity index (χ4n) is 0.731. The van der Waals surface area contributed by atoms with Crippen LogP contribution in [-0.2, 0) is 4.74 Å². The van der Waals surface area contributed by atoms with Gasteiger partial charge in [0.05, 0.1) is 21.3 Å². The Morgan fingerprint density at radius 2 is 2.42 bits per heavy atom. The highest BCUT2D eigenvalue weighted by molar-refractivity contribution is 9.11. The second-order valence-electron chi connectivity index (χ2n) is 1.94. The Balaban J connectivity index is 3.12. The standard InChI is InChI=1S/C7H5BrO3S/c1-11-7(10)4-2-6(8)12-5(4)3-9/h2-3H,1H3. The zero-order chi connectivity index (χ0) is 9.14. The number of carbonyl (C=O) groups is 2. The monoisotopic (exact) mass is 248 g/mol. The van der Waals surface area contributed by atoms with E-state index in [4.69, 9.17) is 0 Å². The first-order valence-electron chi connectivity index (χ1n) is 3.02. The van der Waals surface area contributed by atoms with Gasteiger partial charge in [-0.2, -0.15) is 0 Å². The lowest BCUT2D eigenvalue weighted by Gasteiger charge is -1.93. The van der Waals surface area contributed by atoms with Crippen molar-refractivity contribution < 1.29 is 14.3 Å². The van der Waals surface area contributed by atoms with Crippen LogP contribution in [0.3, 0.4) is 0 Å². The van der Waals surface area contributed by atoms with Gasteiger partial charge in [0.2, 0.25) is 0 Å². The number of thiophene rings is 1. The fourth-order valence-corrected chi connectivity index (χ4v) is 2.17.